The molecule has 2 rings (SSSR count). The van der Waals surface area contributed by atoms with Crippen LogP contribution in [0.4, 0.5) is 10.8 Å². The summed E-state index contributed by atoms with van der Waals surface area (Å²) in [6, 6.07) is 11.0. The van der Waals surface area contributed by atoms with Crippen LogP contribution in [0.5, 0.6) is 0 Å². The maximum Gasteiger partial charge on any atom is 0.142 e. The lowest BCUT2D eigenvalue weighted by Gasteiger charge is -2.30. The Morgan fingerprint density at radius 3 is 2.43 bits per heavy atom. The summed E-state index contributed by atoms with van der Waals surface area (Å²) in [4.78, 5) is 2.46. The number of likely N-dealkylation sites (N-methyl/N-ethyl adjacent to an activating group) is 1. The van der Waals surface area contributed by atoms with E-state index in [0.717, 1.165) is 30.2 Å². The third-order valence-corrected chi connectivity index (χ3v) is 4.77. The van der Waals surface area contributed by atoms with Crippen molar-refractivity contribution in [2.24, 2.45) is 0 Å². The fraction of sp³-hybridized carbons (Fsp3) is 0.438. The van der Waals surface area contributed by atoms with Crippen LogP contribution in [0.3, 0.4) is 0 Å². The summed E-state index contributed by atoms with van der Waals surface area (Å²) in [6.45, 7) is 9.33. The van der Waals surface area contributed by atoms with Gasteiger partial charge in [0.1, 0.15) is 10.8 Å². The molecule has 5 heteroatoms. The molecule has 114 valence electrons. The number of hydrogen-bond acceptors (Lipinski definition) is 5. The Hall–Kier alpha value is -1.59. The van der Waals surface area contributed by atoms with Gasteiger partial charge in [-0.25, -0.2) is 0 Å². The monoisotopic (exact) mass is 304 g/mol. The maximum atomic E-state index is 5.82. The lowest BCUT2D eigenvalue weighted by Crippen LogP contribution is -2.33. The Labute approximate surface area is 131 Å². The zero-order chi connectivity index (χ0) is 15.2. The zero-order valence-electron chi connectivity index (χ0n) is 13.0. The largest absolute Gasteiger partial charge is 0.383 e. The molecule has 4 nitrogen and oxygen atoms in total. The molecular weight excluding hydrogens is 280 g/mol. The van der Waals surface area contributed by atoms with Crippen LogP contribution in [0, 0.1) is 6.92 Å². The average molecular weight is 304 g/mol. The highest BCUT2D eigenvalue weighted by molar-refractivity contribution is 7.10. The molecule has 0 saturated carbocycles. The third kappa shape index (κ3) is 3.74. The van der Waals surface area contributed by atoms with Gasteiger partial charge in [-0.15, -0.1) is 0 Å². The number of nitrogen functional groups attached to an aromatic ring is 1. The van der Waals surface area contributed by atoms with Crippen LogP contribution < -0.4 is 11.1 Å². The Kier molecular flexibility index (Phi) is 5.59. The second-order valence-electron chi connectivity index (χ2n) is 5.05. The van der Waals surface area contributed by atoms with Gasteiger partial charge < -0.3 is 11.1 Å². The molecule has 1 unspecified atom stereocenters. The van der Waals surface area contributed by atoms with Gasteiger partial charge in [0.05, 0.1) is 6.04 Å². The minimum atomic E-state index is 0.351. The van der Waals surface area contributed by atoms with Crippen LogP contribution in [0.25, 0.3) is 0 Å². The smallest absolute Gasteiger partial charge is 0.142 e. The number of rotatable bonds is 7. The second-order valence-corrected chi connectivity index (χ2v) is 5.82. The molecule has 0 aliphatic heterocycles. The molecule has 1 heterocycles. The van der Waals surface area contributed by atoms with Crippen molar-refractivity contribution in [2.75, 3.05) is 30.7 Å². The van der Waals surface area contributed by atoms with Gasteiger partial charge in [0.15, 0.2) is 0 Å². The molecule has 0 aliphatic rings. The van der Waals surface area contributed by atoms with Gasteiger partial charge >= 0.3 is 0 Å². The van der Waals surface area contributed by atoms with Gasteiger partial charge in [0, 0.05) is 12.1 Å². The summed E-state index contributed by atoms with van der Waals surface area (Å²) in [5, 5.41) is 4.59. The lowest BCUT2D eigenvalue weighted by atomic mass is 10.1. The van der Waals surface area contributed by atoms with Crippen LogP contribution in [-0.4, -0.2) is 28.9 Å². The normalized spacial score (nSPS) is 12.6. The molecule has 0 saturated heterocycles. The van der Waals surface area contributed by atoms with Crippen LogP contribution in [-0.2, 0) is 0 Å². The highest BCUT2D eigenvalue weighted by Gasteiger charge is 2.18. The highest BCUT2D eigenvalue weighted by Crippen LogP contribution is 2.27. The number of benzene rings is 1. The summed E-state index contributed by atoms with van der Waals surface area (Å²) in [6.07, 6.45) is 0. The summed E-state index contributed by atoms with van der Waals surface area (Å²) >= 11 is 1.44. The Morgan fingerprint density at radius 1 is 1.24 bits per heavy atom. The van der Waals surface area contributed by atoms with Crippen LogP contribution in [0.2, 0.25) is 0 Å². The van der Waals surface area contributed by atoms with Gasteiger partial charge in [-0.1, -0.05) is 44.2 Å². The summed E-state index contributed by atoms with van der Waals surface area (Å²) in [7, 11) is 0. The average Bonchev–Trinajstić information content (AvgIpc) is 2.84. The van der Waals surface area contributed by atoms with Crippen LogP contribution in [0.15, 0.2) is 30.3 Å². The number of nitrogens with zero attached hydrogens (tertiary/aromatic N) is 2. The summed E-state index contributed by atoms with van der Waals surface area (Å²) < 4.78 is 4.20. The topological polar surface area (TPSA) is 54.2 Å². The molecule has 1 aromatic carbocycles. The molecule has 0 bridgehead atoms. The van der Waals surface area contributed by atoms with E-state index in [1.165, 1.54) is 17.1 Å². The predicted octanol–water partition coefficient (Wildman–Crippen LogP) is 3.53. The third-order valence-electron chi connectivity index (χ3n) is 3.85. The van der Waals surface area contributed by atoms with E-state index in [4.69, 9.17) is 5.73 Å². The zero-order valence-corrected chi connectivity index (χ0v) is 13.8. The van der Waals surface area contributed by atoms with E-state index >= 15 is 0 Å². The van der Waals surface area contributed by atoms with Crippen molar-refractivity contribution in [2.45, 2.75) is 26.8 Å². The second kappa shape index (κ2) is 7.43. The van der Waals surface area contributed by atoms with E-state index < -0.39 is 0 Å². The van der Waals surface area contributed by atoms with Crippen molar-refractivity contribution >= 4 is 22.4 Å². The quantitative estimate of drug-likeness (QED) is 0.821. The number of anilines is 2. The fourth-order valence-electron chi connectivity index (χ4n) is 2.50. The predicted molar refractivity (Wildman–Crippen MR) is 91.9 cm³/mol. The van der Waals surface area contributed by atoms with E-state index in [9.17, 15) is 0 Å². The SMILES string of the molecule is CCN(CC)C(CNc1snc(N)c1C)c1ccccc1. The minimum Gasteiger partial charge on any atom is -0.383 e. The molecule has 0 spiro atoms. The molecule has 1 aromatic heterocycles. The molecule has 0 fully saturated rings. The number of hydrogen-bond donors (Lipinski definition) is 2. The molecule has 0 aliphatic carbocycles. The fourth-order valence-corrected chi connectivity index (χ4v) is 3.22. The van der Waals surface area contributed by atoms with Crippen molar-refractivity contribution < 1.29 is 0 Å². The van der Waals surface area contributed by atoms with Crippen molar-refractivity contribution in [1.82, 2.24) is 9.27 Å². The molecule has 0 radical (unpaired) electrons. The molecule has 0 amide bonds. The molecule has 3 N–H and O–H groups in total. The van der Waals surface area contributed by atoms with E-state index in [-0.39, 0.29) is 0 Å². The maximum absolute atomic E-state index is 5.82. The van der Waals surface area contributed by atoms with Gasteiger partial charge in [-0.05, 0) is 37.1 Å². The number of aromatic nitrogens is 1. The molecular formula is C16H24N4S. The molecule has 2 aromatic rings. The van der Waals surface area contributed by atoms with Gasteiger partial charge in [-0.3, -0.25) is 4.90 Å². The number of nitrogens with two attached hydrogens (primary N) is 1. The first-order chi connectivity index (χ1) is 10.2. The van der Waals surface area contributed by atoms with Gasteiger partial charge in [0.25, 0.3) is 0 Å². The Balaban J connectivity index is 2.15. The van der Waals surface area contributed by atoms with E-state index in [1.54, 1.807) is 0 Å². The summed E-state index contributed by atoms with van der Waals surface area (Å²) in [5.41, 5.74) is 8.20. The Bertz CT molecular complexity index is 549. The van der Waals surface area contributed by atoms with Crippen molar-refractivity contribution in [3.05, 3.63) is 41.5 Å². The van der Waals surface area contributed by atoms with Gasteiger partial charge in [-0.2, -0.15) is 4.37 Å². The lowest BCUT2D eigenvalue weighted by molar-refractivity contribution is 0.228. The first-order valence-corrected chi connectivity index (χ1v) is 8.19. The van der Waals surface area contributed by atoms with Crippen molar-refractivity contribution in [1.29, 1.82) is 0 Å². The number of nitrogens with one attached hydrogen (secondary N) is 1. The van der Waals surface area contributed by atoms with Crippen molar-refractivity contribution in [3.8, 4) is 0 Å². The minimum absolute atomic E-state index is 0.351. The van der Waals surface area contributed by atoms with Gasteiger partial charge in [0.2, 0.25) is 0 Å². The highest BCUT2D eigenvalue weighted by atomic mass is 32.1. The van der Waals surface area contributed by atoms with E-state index in [0.29, 0.717) is 11.9 Å². The molecule has 21 heavy (non-hydrogen) atoms. The van der Waals surface area contributed by atoms with E-state index in [1.807, 2.05) is 6.92 Å². The van der Waals surface area contributed by atoms with Crippen molar-refractivity contribution in [3.63, 3.8) is 0 Å². The van der Waals surface area contributed by atoms with Crippen LogP contribution in [0.1, 0.15) is 31.0 Å². The Morgan fingerprint density at radius 2 is 1.90 bits per heavy atom. The first kappa shape index (κ1) is 15.8. The van der Waals surface area contributed by atoms with E-state index in [2.05, 4.69) is 58.8 Å². The molecule has 1 atom stereocenters. The summed E-state index contributed by atoms with van der Waals surface area (Å²) in [5.74, 6) is 0.626. The first-order valence-electron chi connectivity index (χ1n) is 7.42. The van der Waals surface area contributed by atoms with Crippen LogP contribution >= 0.6 is 11.5 Å². The standard InChI is InChI=1S/C16H24N4S/c1-4-20(5-2)14(13-9-7-6-8-10-13)11-18-16-12(3)15(17)19-21-16/h6-10,14,18H,4-5,11H2,1-3H3,(H2,17,19).